The van der Waals surface area contributed by atoms with E-state index in [0.717, 1.165) is 11.1 Å². The van der Waals surface area contributed by atoms with Gasteiger partial charge in [-0.3, -0.25) is 9.59 Å². The molecule has 3 N–H and O–H groups in total. The molecule has 1 unspecified atom stereocenters. The first kappa shape index (κ1) is 14.1. The Hall–Kier alpha value is -1.88. The van der Waals surface area contributed by atoms with Gasteiger partial charge >= 0.3 is 0 Å². The molecule has 0 spiro atoms. The van der Waals surface area contributed by atoms with Crippen LogP contribution in [0.1, 0.15) is 36.9 Å². The normalized spacial score (nSPS) is 31.4. The number of amides is 2. The molecule has 3 atom stereocenters. The van der Waals surface area contributed by atoms with Crippen LogP contribution in [-0.4, -0.2) is 29.6 Å². The summed E-state index contributed by atoms with van der Waals surface area (Å²) in [5, 5.41) is 15.9. The fourth-order valence-corrected chi connectivity index (χ4v) is 3.12. The van der Waals surface area contributed by atoms with Gasteiger partial charge in [-0.15, -0.1) is 0 Å². The van der Waals surface area contributed by atoms with Crippen LogP contribution >= 0.6 is 0 Å². The summed E-state index contributed by atoms with van der Waals surface area (Å²) in [4.78, 5) is 23.8. The molecule has 5 heteroatoms. The van der Waals surface area contributed by atoms with E-state index in [9.17, 15) is 14.7 Å². The number of fused-ring (bicyclic) bond motifs is 1. The molecular formula is C16H20N2O3. The largest absolute Gasteiger partial charge is 0.390 e. The maximum atomic E-state index is 12.6. The number of rotatable bonds is 2. The smallest absolute Gasteiger partial charge is 0.228 e. The van der Waals surface area contributed by atoms with E-state index in [-0.39, 0.29) is 17.9 Å². The minimum atomic E-state index is -0.606. The second-order valence-electron chi connectivity index (χ2n) is 6.26. The van der Waals surface area contributed by atoms with Crippen LogP contribution in [0.15, 0.2) is 24.3 Å². The van der Waals surface area contributed by atoms with E-state index in [1.165, 1.54) is 0 Å². The van der Waals surface area contributed by atoms with E-state index in [0.29, 0.717) is 25.8 Å². The number of aliphatic hydroxyl groups is 1. The van der Waals surface area contributed by atoms with Gasteiger partial charge in [0.05, 0.1) is 17.6 Å². The molecule has 3 rings (SSSR count). The second kappa shape index (κ2) is 5.15. The van der Waals surface area contributed by atoms with Crippen LogP contribution in [0.4, 0.5) is 0 Å². The molecule has 2 aliphatic rings. The molecule has 2 amide bonds. The Morgan fingerprint density at radius 3 is 2.90 bits per heavy atom. The summed E-state index contributed by atoms with van der Waals surface area (Å²) in [5.41, 5.74) is 1.46. The van der Waals surface area contributed by atoms with Crippen molar-refractivity contribution in [3.8, 4) is 0 Å². The summed E-state index contributed by atoms with van der Waals surface area (Å²) >= 11 is 0. The van der Waals surface area contributed by atoms with Crippen LogP contribution < -0.4 is 10.6 Å². The molecule has 1 aliphatic heterocycles. The molecule has 0 aromatic heterocycles. The Morgan fingerprint density at radius 1 is 1.43 bits per heavy atom. The molecule has 1 heterocycles. The van der Waals surface area contributed by atoms with Crippen molar-refractivity contribution in [2.24, 2.45) is 5.41 Å². The fourth-order valence-electron chi connectivity index (χ4n) is 3.12. The Labute approximate surface area is 123 Å². The average molecular weight is 288 g/mol. The number of piperidine rings is 1. The summed E-state index contributed by atoms with van der Waals surface area (Å²) in [6, 6.07) is 7.42. The molecule has 1 aromatic carbocycles. The third kappa shape index (κ3) is 2.53. The predicted octanol–water partition coefficient (Wildman–Crippen LogP) is 0.677. The molecule has 112 valence electrons. The lowest BCUT2D eigenvalue weighted by Crippen LogP contribution is -2.51. The molecule has 1 aromatic rings. The molecule has 0 bridgehead atoms. The topological polar surface area (TPSA) is 78.4 Å². The van der Waals surface area contributed by atoms with Crippen molar-refractivity contribution in [3.05, 3.63) is 35.4 Å². The van der Waals surface area contributed by atoms with Crippen molar-refractivity contribution in [2.75, 3.05) is 6.54 Å². The van der Waals surface area contributed by atoms with Gasteiger partial charge in [0, 0.05) is 19.4 Å². The summed E-state index contributed by atoms with van der Waals surface area (Å²) in [6.07, 6.45) is 0.880. The second-order valence-corrected chi connectivity index (χ2v) is 6.26. The zero-order valence-corrected chi connectivity index (χ0v) is 12.1. The summed E-state index contributed by atoms with van der Waals surface area (Å²) < 4.78 is 0. The number of hydrogen-bond donors (Lipinski definition) is 3. The highest BCUT2D eigenvalue weighted by Gasteiger charge is 2.40. The highest BCUT2D eigenvalue weighted by molar-refractivity contribution is 5.86. The third-order valence-corrected chi connectivity index (χ3v) is 4.62. The number of nitrogens with one attached hydrogen (secondary N) is 2. The van der Waals surface area contributed by atoms with Gasteiger partial charge in [-0.2, -0.15) is 0 Å². The van der Waals surface area contributed by atoms with E-state index in [1.807, 2.05) is 31.2 Å². The Morgan fingerprint density at radius 2 is 2.19 bits per heavy atom. The zero-order valence-electron chi connectivity index (χ0n) is 12.1. The van der Waals surface area contributed by atoms with Gasteiger partial charge < -0.3 is 15.7 Å². The minimum Gasteiger partial charge on any atom is -0.390 e. The maximum absolute atomic E-state index is 12.6. The first-order valence-electron chi connectivity index (χ1n) is 7.33. The standard InChI is InChI=1S/C16H20N2O3/c1-16(7-6-13(20)17-9-16)15(21)18-14-11-5-3-2-4-10(11)8-12(14)19/h2-5,12,14,19H,6-9H2,1H3,(H,17,20)(H,18,21)/t12-,14-,16?/m0/s1. The fraction of sp³-hybridized carbons (Fsp3) is 0.500. The molecule has 1 aliphatic carbocycles. The quantitative estimate of drug-likeness (QED) is 0.749. The van der Waals surface area contributed by atoms with Crippen molar-refractivity contribution in [2.45, 2.75) is 38.3 Å². The van der Waals surface area contributed by atoms with Gasteiger partial charge in [-0.05, 0) is 24.5 Å². The lowest BCUT2D eigenvalue weighted by Gasteiger charge is -2.33. The van der Waals surface area contributed by atoms with E-state index < -0.39 is 11.5 Å². The monoisotopic (exact) mass is 288 g/mol. The van der Waals surface area contributed by atoms with E-state index >= 15 is 0 Å². The van der Waals surface area contributed by atoms with Gasteiger partial charge in [0.1, 0.15) is 0 Å². The lowest BCUT2D eigenvalue weighted by molar-refractivity contribution is -0.135. The Balaban J connectivity index is 1.75. The molecule has 1 saturated heterocycles. The minimum absolute atomic E-state index is 0.00785. The Kier molecular flexibility index (Phi) is 3.45. The number of carbonyl (C=O) groups is 2. The van der Waals surface area contributed by atoms with Gasteiger partial charge in [0.15, 0.2) is 0 Å². The zero-order chi connectivity index (χ0) is 15.0. The van der Waals surface area contributed by atoms with Crippen molar-refractivity contribution in [1.29, 1.82) is 0 Å². The van der Waals surface area contributed by atoms with Gasteiger partial charge in [-0.25, -0.2) is 0 Å². The van der Waals surface area contributed by atoms with E-state index in [4.69, 9.17) is 0 Å². The summed E-state index contributed by atoms with van der Waals surface area (Å²) in [6.45, 7) is 2.21. The van der Waals surface area contributed by atoms with Crippen LogP contribution in [0, 0.1) is 5.41 Å². The molecule has 0 radical (unpaired) electrons. The van der Waals surface area contributed by atoms with Crippen LogP contribution in [-0.2, 0) is 16.0 Å². The van der Waals surface area contributed by atoms with Crippen LogP contribution in [0.2, 0.25) is 0 Å². The van der Waals surface area contributed by atoms with Gasteiger partial charge in [-0.1, -0.05) is 24.3 Å². The SMILES string of the molecule is CC1(C(=O)N[C@H]2c3ccccc3C[C@@H]2O)CCC(=O)NC1. The number of benzene rings is 1. The molecular weight excluding hydrogens is 268 g/mol. The Bertz CT molecular complexity index is 575. The molecule has 5 nitrogen and oxygen atoms in total. The number of aliphatic hydroxyl groups excluding tert-OH is 1. The van der Waals surface area contributed by atoms with Crippen molar-refractivity contribution >= 4 is 11.8 Å². The summed E-state index contributed by atoms with van der Waals surface area (Å²) in [5.74, 6) is -0.116. The van der Waals surface area contributed by atoms with Crippen molar-refractivity contribution < 1.29 is 14.7 Å². The molecule has 21 heavy (non-hydrogen) atoms. The number of hydrogen-bond acceptors (Lipinski definition) is 3. The molecule has 1 fully saturated rings. The van der Waals surface area contributed by atoms with Crippen molar-refractivity contribution in [1.82, 2.24) is 10.6 Å². The predicted molar refractivity (Wildman–Crippen MR) is 77.4 cm³/mol. The van der Waals surface area contributed by atoms with Crippen LogP contribution in [0.25, 0.3) is 0 Å². The highest BCUT2D eigenvalue weighted by Crippen LogP contribution is 2.33. The first-order valence-corrected chi connectivity index (χ1v) is 7.33. The van der Waals surface area contributed by atoms with E-state index in [1.54, 1.807) is 0 Å². The van der Waals surface area contributed by atoms with Crippen molar-refractivity contribution in [3.63, 3.8) is 0 Å². The average Bonchev–Trinajstić information content (AvgIpc) is 2.79. The highest BCUT2D eigenvalue weighted by atomic mass is 16.3. The lowest BCUT2D eigenvalue weighted by atomic mass is 9.81. The third-order valence-electron chi connectivity index (χ3n) is 4.62. The molecule has 0 saturated carbocycles. The van der Waals surface area contributed by atoms with Gasteiger partial charge in [0.2, 0.25) is 11.8 Å². The number of carbonyl (C=O) groups excluding carboxylic acids is 2. The maximum Gasteiger partial charge on any atom is 0.228 e. The van der Waals surface area contributed by atoms with Crippen LogP contribution in [0.5, 0.6) is 0 Å². The first-order chi connectivity index (χ1) is 9.99. The van der Waals surface area contributed by atoms with Gasteiger partial charge in [0.25, 0.3) is 0 Å². The van der Waals surface area contributed by atoms with E-state index in [2.05, 4.69) is 10.6 Å². The summed E-state index contributed by atoms with van der Waals surface area (Å²) in [7, 11) is 0. The van der Waals surface area contributed by atoms with Crippen LogP contribution in [0.3, 0.4) is 0 Å².